The van der Waals surface area contributed by atoms with Crippen LogP contribution in [0, 0.1) is 0 Å². The van der Waals surface area contributed by atoms with Crippen molar-refractivity contribution in [2.75, 3.05) is 37.6 Å². The molecule has 4 aromatic rings. The number of aromatic nitrogens is 3. The van der Waals surface area contributed by atoms with Gasteiger partial charge in [-0.25, -0.2) is 19.4 Å². The first-order valence-corrected chi connectivity index (χ1v) is 16.8. The number of ether oxygens (including phenoxy) is 2. The number of aryl methyl sites for hydroxylation is 1. The summed E-state index contributed by atoms with van der Waals surface area (Å²) in [5, 5.41) is 15.0. The average molecular weight is 700 g/mol. The number of nitrogens with one attached hydrogen (secondary N) is 2. The number of carbonyl (C=O) groups excluding carboxylic acids is 3. The summed E-state index contributed by atoms with van der Waals surface area (Å²) >= 11 is 0. The highest BCUT2D eigenvalue weighted by Gasteiger charge is 2.30. The number of rotatable bonds is 14. The number of aromatic carboxylic acids is 1. The van der Waals surface area contributed by atoms with Crippen LogP contribution in [-0.2, 0) is 34.0 Å². The summed E-state index contributed by atoms with van der Waals surface area (Å²) in [7, 11) is 0. The van der Waals surface area contributed by atoms with Crippen molar-refractivity contribution in [2.24, 2.45) is 0 Å². The molecule has 0 saturated carbocycles. The number of carbonyl (C=O) groups is 4. The van der Waals surface area contributed by atoms with E-state index in [-0.39, 0.29) is 30.1 Å². The Balaban J connectivity index is 1.17. The molecule has 2 aromatic heterocycles. The molecule has 0 bridgehead atoms. The van der Waals surface area contributed by atoms with Crippen LogP contribution >= 0.6 is 0 Å². The van der Waals surface area contributed by atoms with E-state index in [0.717, 1.165) is 11.1 Å². The van der Waals surface area contributed by atoms with Gasteiger partial charge in [0.2, 0.25) is 17.3 Å². The summed E-state index contributed by atoms with van der Waals surface area (Å²) in [6.07, 6.45) is 2.78. The van der Waals surface area contributed by atoms with E-state index in [2.05, 4.69) is 20.6 Å². The molecule has 3 amide bonds. The van der Waals surface area contributed by atoms with Crippen molar-refractivity contribution in [3.05, 3.63) is 100.0 Å². The summed E-state index contributed by atoms with van der Waals surface area (Å²) in [5.41, 5.74) is 1.02. The first-order valence-electron chi connectivity index (χ1n) is 16.8. The fourth-order valence-corrected chi connectivity index (χ4v) is 5.66. The molecule has 0 aliphatic carbocycles. The molecule has 0 spiro atoms. The van der Waals surface area contributed by atoms with Crippen LogP contribution in [0.2, 0.25) is 0 Å². The van der Waals surface area contributed by atoms with E-state index in [9.17, 15) is 29.1 Å². The van der Waals surface area contributed by atoms with Gasteiger partial charge in [0.05, 0.1) is 5.39 Å². The molecule has 1 aliphatic heterocycles. The minimum atomic E-state index is -1.32. The molecule has 15 heteroatoms. The van der Waals surface area contributed by atoms with Crippen molar-refractivity contribution in [3.8, 4) is 0 Å². The smallest absolute Gasteiger partial charge is 0.408 e. The van der Waals surface area contributed by atoms with Gasteiger partial charge in [-0.05, 0) is 37.3 Å². The predicted molar refractivity (Wildman–Crippen MR) is 187 cm³/mol. The number of carboxylic acids is 1. The summed E-state index contributed by atoms with van der Waals surface area (Å²) in [6.45, 7) is 4.19. The first-order chi connectivity index (χ1) is 24.7. The number of anilines is 1. The topological polar surface area (TPSA) is 185 Å². The minimum Gasteiger partial charge on any atom is -0.477 e. The molecule has 268 valence electrons. The maximum absolute atomic E-state index is 13.8. The zero-order valence-electron chi connectivity index (χ0n) is 28.3. The van der Waals surface area contributed by atoms with Crippen LogP contribution in [0.5, 0.6) is 0 Å². The van der Waals surface area contributed by atoms with Gasteiger partial charge in [-0.1, -0.05) is 60.7 Å². The molecule has 1 fully saturated rings. The molecule has 0 unspecified atom stereocenters. The third kappa shape index (κ3) is 9.80. The molecule has 5 rings (SSSR count). The van der Waals surface area contributed by atoms with Crippen LogP contribution in [0.15, 0.2) is 77.9 Å². The summed E-state index contributed by atoms with van der Waals surface area (Å²) in [6, 6.07) is 17.7. The minimum absolute atomic E-state index is 0.0521. The van der Waals surface area contributed by atoms with Crippen LogP contribution < -0.4 is 21.0 Å². The van der Waals surface area contributed by atoms with E-state index < -0.39 is 29.6 Å². The number of hydrogen-bond donors (Lipinski definition) is 3. The van der Waals surface area contributed by atoms with Gasteiger partial charge in [-0.2, -0.15) is 4.98 Å². The van der Waals surface area contributed by atoms with Crippen molar-refractivity contribution >= 4 is 41.0 Å². The van der Waals surface area contributed by atoms with Crippen LogP contribution in [0.3, 0.4) is 0 Å². The number of benzene rings is 2. The zero-order valence-corrected chi connectivity index (χ0v) is 28.3. The van der Waals surface area contributed by atoms with Gasteiger partial charge in [0.15, 0.2) is 0 Å². The number of carboxylic acid groups (broad SMARTS) is 1. The first kappa shape index (κ1) is 36.3. The second-order valence-electron chi connectivity index (χ2n) is 11.9. The number of piperazine rings is 1. The highest BCUT2D eigenvalue weighted by molar-refractivity contribution is 5.91. The van der Waals surface area contributed by atoms with Crippen LogP contribution in [0.4, 0.5) is 15.5 Å². The molecule has 1 aliphatic rings. The number of nitrogens with zero attached hydrogens (tertiary/aromatic N) is 5. The third-order valence-electron chi connectivity index (χ3n) is 8.45. The van der Waals surface area contributed by atoms with E-state index in [1.54, 1.807) is 9.47 Å². The van der Waals surface area contributed by atoms with E-state index in [4.69, 9.17) is 9.47 Å². The Bertz CT molecular complexity index is 1880. The second-order valence-corrected chi connectivity index (χ2v) is 11.9. The lowest BCUT2D eigenvalue weighted by Crippen LogP contribution is -2.55. The Morgan fingerprint density at radius 2 is 1.51 bits per heavy atom. The lowest BCUT2D eigenvalue weighted by atomic mass is 10.1. The van der Waals surface area contributed by atoms with Gasteiger partial charge in [0.1, 0.15) is 30.5 Å². The predicted octanol–water partition coefficient (Wildman–Crippen LogP) is 3.55. The Kier molecular flexibility index (Phi) is 12.5. The third-order valence-corrected chi connectivity index (χ3v) is 8.45. The molecule has 15 nitrogen and oxygen atoms in total. The number of fused-ring (bicyclic) bond motifs is 1. The lowest BCUT2D eigenvalue weighted by molar-refractivity contribution is -0.133. The fourth-order valence-electron chi connectivity index (χ4n) is 5.66. The number of alkyl carbamates (subject to hydrolysis) is 2. The number of unbranched alkanes of at least 4 members (excludes halogenated alkanes) is 1. The Morgan fingerprint density at radius 1 is 0.882 bits per heavy atom. The highest BCUT2D eigenvalue weighted by Crippen LogP contribution is 2.17. The van der Waals surface area contributed by atoms with Gasteiger partial charge in [0.25, 0.3) is 0 Å². The van der Waals surface area contributed by atoms with E-state index >= 15 is 0 Å². The summed E-state index contributed by atoms with van der Waals surface area (Å²) in [5.74, 6) is -1.22. The molecule has 3 heterocycles. The lowest BCUT2D eigenvalue weighted by Gasteiger charge is -2.36. The summed E-state index contributed by atoms with van der Waals surface area (Å²) < 4.78 is 12.2. The van der Waals surface area contributed by atoms with Gasteiger partial charge >= 0.3 is 18.2 Å². The summed E-state index contributed by atoms with van der Waals surface area (Å²) in [4.78, 5) is 75.5. The quantitative estimate of drug-likeness (QED) is 0.164. The molecule has 51 heavy (non-hydrogen) atoms. The molecule has 2 aromatic carbocycles. The van der Waals surface area contributed by atoms with E-state index in [1.165, 1.54) is 12.4 Å². The van der Waals surface area contributed by atoms with E-state index in [0.29, 0.717) is 70.1 Å². The normalized spacial score (nSPS) is 13.4. The fraction of sp³-hybridized carbons (Fsp3) is 0.361. The van der Waals surface area contributed by atoms with Gasteiger partial charge < -0.3 is 39.6 Å². The number of amides is 3. The van der Waals surface area contributed by atoms with Gasteiger partial charge in [0, 0.05) is 51.7 Å². The highest BCUT2D eigenvalue weighted by atomic mass is 16.6. The Morgan fingerprint density at radius 3 is 2.12 bits per heavy atom. The number of pyridine rings is 1. The van der Waals surface area contributed by atoms with Crippen LogP contribution in [-0.4, -0.2) is 87.4 Å². The second kappa shape index (κ2) is 17.6. The SMILES string of the molecule is CCn1cc(C(=O)O)c(=O)c2cnc(N3CCN(C(=O)[C@H](CCCCNC(=O)OCc4ccccc4)NC(=O)OCc4ccccc4)CC3)nc21. The number of hydrogen-bond acceptors (Lipinski definition) is 10. The van der Waals surface area contributed by atoms with Crippen molar-refractivity contribution in [3.63, 3.8) is 0 Å². The Hall–Kier alpha value is -5.99. The average Bonchev–Trinajstić information content (AvgIpc) is 3.16. The largest absolute Gasteiger partial charge is 0.477 e. The molecular weight excluding hydrogens is 658 g/mol. The molecular formula is C36H41N7O8. The zero-order chi connectivity index (χ0) is 36.2. The maximum Gasteiger partial charge on any atom is 0.408 e. The molecule has 1 atom stereocenters. The van der Waals surface area contributed by atoms with Crippen molar-refractivity contribution < 1.29 is 33.8 Å². The van der Waals surface area contributed by atoms with Crippen molar-refractivity contribution in [2.45, 2.75) is 52.0 Å². The Labute approximate surface area is 294 Å². The molecule has 1 saturated heterocycles. The maximum atomic E-state index is 13.8. The standard InChI is InChI=1S/C36H41N7O8/c1-2-41-22-28(33(46)47)30(44)27-21-38-34(40-31(27)41)43-19-17-42(18-20-43)32(45)29(39-36(49)51-24-26-13-7-4-8-14-26)15-9-10-16-37-35(48)50-23-25-11-5-3-6-12-25/h3-8,11-14,21-22,29H,2,9-10,15-20,23-24H2,1H3,(H,37,48)(H,39,49)(H,46,47)/t29-/m0/s1. The van der Waals surface area contributed by atoms with Gasteiger partial charge in [-0.3, -0.25) is 9.59 Å². The molecule has 0 radical (unpaired) electrons. The molecule has 3 N–H and O–H groups in total. The van der Waals surface area contributed by atoms with E-state index in [1.807, 2.05) is 72.5 Å². The van der Waals surface area contributed by atoms with Crippen LogP contribution in [0.1, 0.15) is 47.7 Å². The van der Waals surface area contributed by atoms with Crippen molar-refractivity contribution in [1.29, 1.82) is 0 Å². The van der Waals surface area contributed by atoms with Gasteiger partial charge in [-0.15, -0.1) is 0 Å². The van der Waals surface area contributed by atoms with Crippen molar-refractivity contribution in [1.82, 2.24) is 30.1 Å². The monoisotopic (exact) mass is 699 g/mol. The van der Waals surface area contributed by atoms with Crippen LogP contribution in [0.25, 0.3) is 11.0 Å².